The Labute approximate surface area is 235 Å². The first kappa shape index (κ1) is 32.0. The summed E-state index contributed by atoms with van der Waals surface area (Å²) in [6.45, 7) is -0.595. The number of amides is 1. The fourth-order valence-electron chi connectivity index (χ4n) is 4.31. The molecule has 0 spiro atoms. The van der Waals surface area contributed by atoms with Crippen LogP contribution in [0.4, 0.5) is 4.79 Å². The highest BCUT2D eigenvalue weighted by Crippen LogP contribution is 2.42. The van der Waals surface area contributed by atoms with E-state index >= 15 is 0 Å². The maximum atomic E-state index is 13.3. The molecule has 0 aliphatic heterocycles. The predicted molar refractivity (Wildman–Crippen MR) is 141 cm³/mol. The summed E-state index contributed by atoms with van der Waals surface area (Å²) in [5, 5.41) is 12.2. The van der Waals surface area contributed by atoms with E-state index in [0.29, 0.717) is 18.1 Å². The van der Waals surface area contributed by atoms with Crippen LogP contribution >= 0.6 is 0 Å². The summed E-state index contributed by atoms with van der Waals surface area (Å²) in [5.74, 6) is -4.74. The number of nitrogens with one attached hydrogen (secondary N) is 1. The second-order valence-corrected chi connectivity index (χ2v) is 14.5. The zero-order chi connectivity index (χ0) is 30.8. The lowest BCUT2D eigenvalue weighted by molar-refractivity contribution is 0.0686. The maximum absolute atomic E-state index is 13.3. The Morgan fingerprint density at radius 3 is 2.24 bits per heavy atom. The molecule has 2 unspecified atom stereocenters. The van der Waals surface area contributed by atoms with E-state index in [1.165, 1.54) is 0 Å². The number of carbonyl (C=O) groups excluding carboxylic acids is 1. The van der Waals surface area contributed by atoms with Gasteiger partial charge in [0, 0.05) is 0 Å². The van der Waals surface area contributed by atoms with Crippen LogP contribution in [-0.4, -0.2) is 76.8 Å². The molecule has 19 heteroatoms. The highest BCUT2D eigenvalue weighted by molar-refractivity contribution is 7.89. The topological polar surface area (TPSA) is 231 Å². The molecule has 3 rings (SSSR count). The van der Waals surface area contributed by atoms with E-state index in [1.54, 1.807) is 30.3 Å². The molecule has 1 fully saturated rings. The Morgan fingerprint density at radius 1 is 1.07 bits per heavy atom. The van der Waals surface area contributed by atoms with Crippen molar-refractivity contribution in [2.45, 2.75) is 31.4 Å². The normalized spacial score (nSPS) is 19.4. The van der Waals surface area contributed by atoms with Crippen LogP contribution in [-0.2, 0) is 51.3 Å². The van der Waals surface area contributed by atoms with Gasteiger partial charge < -0.3 is 19.3 Å². The molecule has 2 atom stereocenters. The molecule has 0 radical (unpaired) electrons. The van der Waals surface area contributed by atoms with Crippen molar-refractivity contribution in [2.24, 2.45) is 5.92 Å². The van der Waals surface area contributed by atoms with Crippen LogP contribution in [0.2, 0.25) is 0 Å². The van der Waals surface area contributed by atoms with Crippen LogP contribution in [0.25, 0.3) is 0 Å². The number of hydrogen-bond acceptors (Lipinski definition) is 13. The summed E-state index contributed by atoms with van der Waals surface area (Å²) < 4.78 is 86.9. The lowest BCUT2D eigenvalue weighted by Gasteiger charge is -2.31. The first-order valence-electron chi connectivity index (χ1n) is 11.7. The average Bonchev–Trinajstić information content (AvgIpc) is 3.24. The molecular weight excluding hydrogens is 610 g/mol. The summed E-state index contributed by atoms with van der Waals surface area (Å²) in [5.41, 5.74) is -4.22. The van der Waals surface area contributed by atoms with Gasteiger partial charge in [-0.3, -0.25) is 8.98 Å². The van der Waals surface area contributed by atoms with Crippen molar-refractivity contribution < 1.29 is 53.1 Å². The van der Waals surface area contributed by atoms with Crippen molar-refractivity contribution in [3.63, 3.8) is 0 Å². The average molecular weight is 638 g/mol. The van der Waals surface area contributed by atoms with Crippen molar-refractivity contribution in [3.05, 3.63) is 57.8 Å². The van der Waals surface area contributed by atoms with Gasteiger partial charge in [-0.15, -0.1) is 0 Å². The largest absolute Gasteiger partial charge is 0.476 e. The molecule has 2 aromatic rings. The molecule has 1 saturated carbocycles. The Morgan fingerprint density at radius 2 is 1.71 bits per heavy atom. The fourth-order valence-corrected chi connectivity index (χ4v) is 6.12. The number of aromatic nitrogens is 2. The predicted octanol–water partition coefficient (Wildman–Crippen LogP) is -0.0144. The quantitative estimate of drug-likeness (QED) is 0.309. The SMILES string of the molecule is CS(=O)(=O)OCC1CCC(NC(=O)OCc2ccccc2)(c2nc(C(=O)O)c(OS(C)(=O)=O)c(=O)n2S(C)(=O)=O)C1. The van der Waals surface area contributed by atoms with E-state index in [1.807, 2.05) is 0 Å². The third kappa shape index (κ3) is 8.24. The summed E-state index contributed by atoms with van der Waals surface area (Å²) in [4.78, 5) is 42.1. The highest BCUT2D eigenvalue weighted by Gasteiger charge is 2.48. The van der Waals surface area contributed by atoms with Gasteiger partial charge in [0.25, 0.3) is 10.1 Å². The van der Waals surface area contributed by atoms with Gasteiger partial charge >= 0.3 is 27.7 Å². The highest BCUT2D eigenvalue weighted by atomic mass is 32.2. The Kier molecular flexibility index (Phi) is 9.16. The molecule has 41 heavy (non-hydrogen) atoms. The molecule has 1 aromatic carbocycles. The molecule has 1 heterocycles. The van der Waals surface area contributed by atoms with Crippen molar-refractivity contribution in [3.8, 4) is 5.75 Å². The van der Waals surface area contributed by atoms with Crippen LogP contribution in [0, 0.1) is 5.92 Å². The molecule has 1 aliphatic carbocycles. The molecule has 226 valence electrons. The standard InChI is InChI=1S/C22H27N3O13S3/c1-39(30,31)25-18(26)17(38-41(3,34)35)16(19(27)28)23-20(25)22(10-9-15(11-22)13-37-40(2,32)33)24-21(29)36-12-14-7-5-4-6-8-14/h4-8,15H,9-13H2,1-3H3,(H,24,29)(H,27,28). The summed E-state index contributed by atoms with van der Waals surface area (Å²) in [6.07, 6.45) is 0.474. The fraction of sp³-hybridized carbons (Fsp3) is 0.455. The van der Waals surface area contributed by atoms with E-state index in [2.05, 4.69) is 14.5 Å². The van der Waals surface area contributed by atoms with Crippen molar-refractivity contribution in [2.75, 3.05) is 25.4 Å². The lowest BCUT2D eigenvalue weighted by atomic mass is 9.94. The van der Waals surface area contributed by atoms with Crippen molar-refractivity contribution in [1.82, 2.24) is 14.3 Å². The first-order chi connectivity index (χ1) is 18.8. The number of ether oxygens (including phenoxy) is 1. The number of carboxylic acid groups (broad SMARTS) is 1. The number of hydrogen-bond donors (Lipinski definition) is 2. The van der Waals surface area contributed by atoms with Gasteiger partial charge in [0.15, 0.2) is 11.5 Å². The number of nitrogens with zero attached hydrogens (tertiary/aromatic N) is 2. The molecular formula is C22H27N3O13S3. The van der Waals surface area contributed by atoms with Crippen LogP contribution in [0.5, 0.6) is 5.75 Å². The van der Waals surface area contributed by atoms with E-state index < -0.39 is 76.6 Å². The molecule has 0 saturated heterocycles. The number of rotatable bonds is 11. The minimum Gasteiger partial charge on any atom is -0.476 e. The van der Waals surface area contributed by atoms with Crippen LogP contribution in [0.15, 0.2) is 35.1 Å². The molecule has 2 N–H and O–H groups in total. The Bertz CT molecular complexity index is 1720. The number of alkyl carbamates (subject to hydrolysis) is 1. The second-order valence-electron chi connectivity index (χ2n) is 9.40. The number of carbonyl (C=O) groups is 2. The van der Waals surface area contributed by atoms with E-state index in [9.17, 15) is 44.7 Å². The van der Waals surface area contributed by atoms with Gasteiger partial charge in [-0.1, -0.05) is 30.3 Å². The molecule has 1 aromatic heterocycles. The Hall–Kier alpha value is -3.55. The number of benzene rings is 1. The monoisotopic (exact) mass is 637 g/mol. The van der Waals surface area contributed by atoms with Gasteiger partial charge in [-0.05, 0) is 30.7 Å². The van der Waals surface area contributed by atoms with Crippen LogP contribution < -0.4 is 15.1 Å². The van der Waals surface area contributed by atoms with Crippen molar-refractivity contribution >= 4 is 42.3 Å². The van der Waals surface area contributed by atoms with Crippen LogP contribution in [0.3, 0.4) is 0 Å². The third-order valence-electron chi connectivity index (χ3n) is 5.89. The molecule has 16 nitrogen and oxygen atoms in total. The minimum absolute atomic E-state index is 0.0389. The summed E-state index contributed by atoms with van der Waals surface area (Å²) in [6, 6.07) is 8.47. The van der Waals surface area contributed by atoms with Gasteiger partial charge in [-0.2, -0.15) is 20.8 Å². The van der Waals surface area contributed by atoms with E-state index in [0.717, 1.165) is 6.26 Å². The lowest BCUT2D eigenvalue weighted by Crippen LogP contribution is -2.50. The minimum atomic E-state index is -4.65. The summed E-state index contributed by atoms with van der Waals surface area (Å²) >= 11 is 0. The second kappa shape index (κ2) is 11.7. The molecule has 1 amide bonds. The maximum Gasteiger partial charge on any atom is 0.408 e. The van der Waals surface area contributed by atoms with Gasteiger partial charge in [0.1, 0.15) is 12.1 Å². The zero-order valence-electron chi connectivity index (χ0n) is 22.0. The smallest absolute Gasteiger partial charge is 0.408 e. The first-order valence-corrected chi connectivity index (χ1v) is 17.1. The van der Waals surface area contributed by atoms with E-state index in [-0.39, 0.29) is 36.4 Å². The van der Waals surface area contributed by atoms with Gasteiger partial charge in [0.2, 0.25) is 15.8 Å². The van der Waals surface area contributed by atoms with Gasteiger partial charge in [0.05, 0.1) is 25.4 Å². The van der Waals surface area contributed by atoms with Crippen LogP contribution in [0.1, 0.15) is 41.1 Å². The molecule has 0 bridgehead atoms. The third-order valence-corrected chi connectivity index (χ3v) is 7.92. The Balaban J connectivity index is 2.19. The number of carboxylic acids is 1. The van der Waals surface area contributed by atoms with Gasteiger partial charge in [-0.25, -0.2) is 23.0 Å². The van der Waals surface area contributed by atoms with E-state index in [4.69, 9.17) is 8.92 Å². The molecule has 1 aliphatic rings. The van der Waals surface area contributed by atoms with Crippen molar-refractivity contribution in [1.29, 1.82) is 0 Å². The summed E-state index contributed by atoms with van der Waals surface area (Å²) in [7, 11) is -13.1. The zero-order valence-corrected chi connectivity index (χ0v) is 24.4. The number of aromatic carboxylic acids is 1.